The highest BCUT2D eigenvalue weighted by atomic mass is 32.2. The number of halogens is 1. The monoisotopic (exact) mass is 302 g/mol. The van der Waals surface area contributed by atoms with Crippen molar-refractivity contribution in [1.82, 2.24) is 4.98 Å². The van der Waals surface area contributed by atoms with Crippen LogP contribution in [0.25, 0.3) is 22.2 Å². The van der Waals surface area contributed by atoms with E-state index in [1.807, 2.05) is 0 Å². The van der Waals surface area contributed by atoms with Crippen molar-refractivity contribution in [2.75, 3.05) is 0 Å². The summed E-state index contributed by atoms with van der Waals surface area (Å²) in [4.78, 5) is 4.42. The predicted octanol–water partition coefficient (Wildman–Crippen LogP) is 2.69. The molecule has 2 aromatic carbocycles. The minimum atomic E-state index is -3.71. The van der Waals surface area contributed by atoms with Crippen LogP contribution in [0.3, 0.4) is 0 Å². The molecule has 0 radical (unpaired) electrons. The second kappa shape index (κ2) is 4.91. The van der Waals surface area contributed by atoms with Crippen molar-refractivity contribution in [1.29, 1.82) is 0 Å². The van der Waals surface area contributed by atoms with Crippen molar-refractivity contribution in [3.63, 3.8) is 0 Å². The molecule has 0 atom stereocenters. The molecule has 0 saturated heterocycles. The van der Waals surface area contributed by atoms with Crippen LogP contribution >= 0.6 is 0 Å². The molecule has 0 aliphatic carbocycles. The van der Waals surface area contributed by atoms with E-state index in [1.54, 1.807) is 36.4 Å². The van der Waals surface area contributed by atoms with E-state index in [0.717, 1.165) is 5.56 Å². The van der Waals surface area contributed by atoms with Gasteiger partial charge in [-0.2, -0.15) is 0 Å². The summed E-state index contributed by atoms with van der Waals surface area (Å²) >= 11 is 0. The second-order valence-electron chi connectivity index (χ2n) is 4.57. The second-order valence-corrected chi connectivity index (χ2v) is 6.13. The van der Waals surface area contributed by atoms with E-state index in [0.29, 0.717) is 16.6 Å². The molecule has 0 unspecified atom stereocenters. The first kappa shape index (κ1) is 13.7. The number of rotatable bonds is 2. The predicted molar refractivity (Wildman–Crippen MR) is 78.5 cm³/mol. The van der Waals surface area contributed by atoms with Crippen molar-refractivity contribution in [3.8, 4) is 11.3 Å². The van der Waals surface area contributed by atoms with Crippen LogP contribution < -0.4 is 5.14 Å². The summed E-state index contributed by atoms with van der Waals surface area (Å²) in [6.45, 7) is 0. The smallest absolute Gasteiger partial charge is 0.238 e. The summed E-state index contributed by atoms with van der Waals surface area (Å²) in [7, 11) is -3.71. The zero-order valence-electron chi connectivity index (χ0n) is 10.8. The summed E-state index contributed by atoms with van der Waals surface area (Å²) in [5, 5.41) is 5.50. The van der Waals surface area contributed by atoms with Crippen molar-refractivity contribution in [3.05, 3.63) is 60.4 Å². The van der Waals surface area contributed by atoms with E-state index in [1.165, 1.54) is 18.2 Å². The molecule has 6 heteroatoms. The lowest BCUT2D eigenvalue weighted by atomic mass is 10.1. The average Bonchev–Trinajstić information content (AvgIpc) is 2.46. The van der Waals surface area contributed by atoms with Gasteiger partial charge in [-0.3, -0.25) is 0 Å². The Morgan fingerprint density at radius 1 is 0.952 bits per heavy atom. The normalized spacial score (nSPS) is 11.7. The maximum absolute atomic E-state index is 13.6. The van der Waals surface area contributed by atoms with Crippen LogP contribution in [0.2, 0.25) is 0 Å². The molecule has 21 heavy (non-hydrogen) atoms. The fourth-order valence-corrected chi connectivity index (χ4v) is 2.61. The maximum Gasteiger partial charge on any atom is 0.238 e. The lowest BCUT2D eigenvalue weighted by Gasteiger charge is -2.05. The van der Waals surface area contributed by atoms with Crippen LogP contribution in [-0.4, -0.2) is 13.4 Å². The quantitative estimate of drug-likeness (QED) is 0.791. The molecule has 0 aliphatic heterocycles. The number of pyridine rings is 1. The molecule has 106 valence electrons. The van der Waals surface area contributed by atoms with Crippen molar-refractivity contribution in [2.45, 2.75) is 4.90 Å². The van der Waals surface area contributed by atoms with Crippen molar-refractivity contribution in [2.24, 2.45) is 5.14 Å². The zero-order valence-corrected chi connectivity index (χ0v) is 11.6. The number of nitrogens with two attached hydrogens (primary N) is 1. The SMILES string of the molecule is NS(=O)(=O)c1ccc(-c2ccc3c(F)cccc3n2)cc1. The van der Waals surface area contributed by atoms with E-state index in [9.17, 15) is 12.8 Å². The van der Waals surface area contributed by atoms with E-state index in [2.05, 4.69) is 4.98 Å². The minimum Gasteiger partial charge on any atom is -0.248 e. The van der Waals surface area contributed by atoms with Gasteiger partial charge in [0.05, 0.1) is 16.1 Å². The van der Waals surface area contributed by atoms with Crippen LogP contribution in [-0.2, 0) is 10.0 Å². The molecule has 2 N–H and O–H groups in total. The molecule has 1 aromatic heterocycles. The fourth-order valence-electron chi connectivity index (χ4n) is 2.09. The zero-order chi connectivity index (χ0) is 15.0. The third kappa shape index (κ3) is 2.63. The van der Waals surface area contributed by atoms with E-state index in [4.69, 9.17) is 5.14 Å². The number of fused-ring (bicyclic) bond motifs is 1. The average molecular weight is 302 g/mol. The molecule has 0 spiro atoms. The molecule has 1 heterocycles. The van der Waals surface area contributed by atoms with Crippen molar-refractivity contribution >= 4 is 20.9 Å². The van der Waals surface area contributed by atoms with Gasteiger partial charge in [0.1, 0.15) is 5.82 Å². The number of hydrogen-bond acceptors (Lipinski definition) is 3. The molecular weight excluding hydrogens is 291 g/mol. The Morgan fingerprint density at radius 2 is 1.67 bits per heavy atom. The van der Waals surface area contributed by atoms with Crippen LogP contribution in [0.1, 0.15) is 0 Å². The van der Waals surface area contributed by atoms with Gasteiger partial charge in [-0.25, -0.2) is 22.9 Å². The maximum atomic E-state index is 13.6. The number of sulfonamides is 1. The third-order valence-corrected chi connectivity index (χ3v) is 4.09. The van der Waals surface area contributed by atoms with E-state index < -0.39 is 10.0 Å². The Kier molecular flexibility index (Phi) is 3.19. The van der Waals surface area contributed by atoms with E-state index >= 15 is 0 Å². The first-order valence-corrected chi connectivity index (χ1v) is 7.68. The number of nitrogens with zero attached hydrogens (tertiary/aromatic N) is 1. The highest BCUT2D eigenvalue weighted by molar-refractivity contribution is 7.89. The van der Waals surface area contributed by atoms with Gasteiger partial charge < -0.3 is 0 Å². The van der Waals surface area contributed by atoms with Gasteiger partial charge in [0.15, 0.2) is 0 Å². The highest BCUT2D eigenvalue weighted by Gasteiger charge is 2.09. The largest absolute Gasteiger partial charge is 0.248 e. The summed E-state index contributed by atoms with van der Waals surface area (Å²) in [6.07, 6.45) is 0. The minimum absolute atomic E-state index is 0.0399. The van der Waals surface area contributed by atoms with Crippen LogP contribution in [0.15, 0.2) is 59.5 Å². The van der Waals surface area contributed by atoms with Gasteiger partial charge in [-0.15, -0.1) is 0 Å². The topological polar surface area (TPSA) is 73.1 Å². The molecule has 4 nitrogen and oxygen atoms in total. The van der Waals surface area contributed by atoms with Gasteiger partial charge in [-0.1, -0.05) is 18.2 Å². The third-order valence-electron chi connectivity index (χ3n) is 3.16. The van der Waals surface area contributed by atoms with Crippen LogP contribution in [0.4, 0.5) is 4.39 Å². The van der Waals surface area contributed by atoms with Crippen molar-refractivity contribution < 1.29 is 12.8 Å². The first-order valence-electron chi connectivity index (χ1n) is 6.14. The molecule has 0 saturated carbocycles. The Morgan fingerprint density at radius 3 is 2.33 bits per heavy atom. The number of primary sulfonamides is 1. The molecule has 3 aromatic rings. The molecule has 0 amide bonds. The molecule has 0 aliphatic rings. The number of benzene rings is 2. The van der Waals surface area contributed by atoms with Gasteiger partial charge in [-0.05, 0) is 36.4 Å². The summed E-state index contributed by atoms with van der Waals surface area (Å²) in [5.41, 5.74) is 1.91. The van der Waals surface area contributed by atoms with E-state index in [-0.39, 0.29) is 10.7 Å². The Hall–Kier alpha value is -2.31. The van der Waals surface area contributed by atoms with Crippen LogP contribution in [0.5, 0.6) is 0 Å². The van der Waals surface area contributed by atoms with Gasteiger partial charge in [0, 0.05) is 10.9 Å². The molecule has 0 bridgehead atoms. The Labute approximate surface area is 121 Å². The summed E-state index contributed by atoms with van der Waals surface area (Å²) in [6, 6.07) is 14.1. The standard InChI is InChI=1S/C15H11FN2O2S/c16-13-2-1-3-15-12(13)8-9-14(18-15)10-4-6-11(7-5-10)21(17,19)20/h1-9H,(H2,17,19,20). The first-order chi connectivity index (χ1) is 9.95. The number of hydrogen-bond donors (Lipinski definition) is 1. The Balaban J connectivity index is 2.08. The summed E-state index contributed by atoms with van der Waals surface area (Å²) < 4.78 is 36.0. The Bertz CT molecular complexity index is 922. The molecular formula is C15H11FN2O2S. The van der Waals surface area contributed by atoms with Gasteiger partial charge in [0.25, 0.3) is 0 Å². The highest BCUT2D eigenvalue weighted by Crippen LogP contribution is 2.23. The van der Waals surface area contributed by atoms with Crippen LogP contribution in [0, 0.1) is 5.82 Å². The molecule has 0 fully saturated rings. The summed E-state index contributed by atoms with van der Waals surface area (Å²) in [5.74, 6) is -0.323. The number of aromatic nitrogens is 1. The molecule has 3 rings (SSSR count). The van der Waals surface area contributed by atoms with Gasteiger partial charge in [0.2, 0.25) is 10.0 Å². The fraction of sp³-hybridized carbons (Fsp3) is 0. The lowest BCUT2D eigenvalue weighted by Crippen LogP contribution is -2.11. The van der Waals surface area contributed by atoms with Gasteiger partial charge >= 0.3 is 0 Å². The lowest BCUT2D eigenvalue weighted by molar-refractivity contribution is 0.598.